The lowest BCUT2D eigenvalue weighted by Gasteiger charge is -2.11. The van der Waals surface area contributed by atoms with Crippen molar-refractivity contribution in [2.75, 3.05) is 13.1 Å². The van der Waals surface area contributed by atoms with Crippen molar-refractivity contribution in [3.63, 3.8) is 0 Å². The van der Waals surface area contributed by atoms with E-state index in [9.17, 15) is 4.39 Å². The third-order valence-electron chi connectivity index (χ3n) is 3.73. The van der Waals surface area contributed by atoms with Crippen LogP contribution < -0.4 is 0 Å². The highest BCUT2D eigenvalue weighted by Crippen LogP contribution is 2.26. The first-order chi connectivity index (χ1) is 7.84. The molecule has 0 aromatic heterocycles. The largest absolute Gasteiger partial charge is 0.296 e. The molecule has 1 aliphatic carbocycles. The van der Waals surface area contributed by atoms with E-state index >= 15 is 0 Å². The zero-order valence-electron chi connectivity index (χ0n) is 9.64. The molecule has 0 N–H and O–H groups in total. The number of benzene rings is 1. The van der Waals surface area contributed by atoms with Gasteiger partial charge in [-0.3, -0.25) is 4.90 Å². The molecule has 0 saturated carbocycles. The van der Waals surface area contributed by atoms with Gasteiger partial charge in [-0.2, -0.15) is 0 Å². The van der Waals surface area contributed by atoms with E-state index in [0.717, 1.165) is 50.0 Å². The van der Waals surface area contributed by atoms with Gasteiger partial charge in [0.15, 0.2) is 0 Å². The lowest BCUT2D eigenvalue weighted by Crippen LogP contribution is -2.05. The lowest BCUT2D eigenvalue weighted by atomic mass is 9.99. The third-order valence-corrected chi connectivity index (χ3v) is 3.73. The molecule has 86 valence electrons. The molecule has 1 aromatic carbocycles. The van der Waals surface area contributed by atoms with E-state index in [-0.39, 0.29) is 5.82 Å². The second-order valence-corrected chi connectivity index (χ2v) is 5.01. The molecule has 0 atom stereocenters. The summed E-state index contributed by atoms with van der Waals surface area (Å²) in [5, 5.41) is 0. The molecule has 1 nitrogen and oxygen atoms in total. The van der Waals surface area contributed by atoms with Gasteiger partial charge in [0.2, 0.25) is 0 Å². The molecule has 2 heteroatoms. The van der Waals surface area contributed by atoms with Crippen molar-refractivity contribution in [1.82, 2.24) is 4.90 Å². The Morgan fingerprint density at radius 3 is 2.69 bits per heavy atom. The fourth-order valence-corrected chi connectivity index (χ4v) is 2.60. The molecular weight excluding hydrogens is 201 g/mol. The van der Waals surface area contributed by atoms with Crippen LogP contribution in [0.1, 0.15) is 36.0 Å². The van der Waals surface area contributed by atoms with E-state index in [0.29, 0.717) is 0 Å². The Morgan fingerprint density at radius 2 is 1.88 bits per heavy atom. The Labute approximate surface area is 96.3 Å². The number of hydrogen-bond acceptors (Lipinski definition) is 1. The summed E-state index contributed by atoms with van der Waals surface area (Å²) in [6.45, 7) is 3.08. The molecule has 1 aliphatic heterocycles. The first-order valence-corrected chi connectivity index (χ1v) is 6.36. The summed E-state index contributed by atoms with van der Waals surface area (Å²) in [7, 11) is 0. The Hall–Kier alpha value is -0.890. The second kappa shape index (κ2) is 4.17. The molecule has 0 unspecified atom stereocenters. The average molecular weight is 219 g/mol. The van der Waals surface area contributed by atoms with Gasteiger partial charge >= 0.3 is 0 Å². The zero-order chi connectivity index (χ0) is 11.0. The summed E-state index contributed by atoms with van der Waals surface area (Å²) in [5.74, 6) is 0.0892. The number of hydrogen-bond donors (Lipinski definition) is 0. The highest BCUT2D eigenvalue weighted by molar-refractivity contribution is 5.35. The van der Waals surface area contributed by atoms with E-state index in [1.54, 1.807) is 0 Å². The summed E-state index contributed by atoms with van der Waals surface area (Å²) in [5.41, 5.74) is 3.17. The van der Waals surface area contributed by atoms with Gasteiger partial charge in [0.05, 0.1) is 0 Å². The summed E-state index contributed by atoms with van der Waals surface area (Å²) < 4.78 is 14.3. The standard InChI is InChI=1S/C14H18FN/c15-14-12(10-16-8-9-16)7-6-11-4-2-1-3-5-13(11)14/h6-7H,1-5,8-10H2. The molecule has 0 radical (unpaired) electrons. The smallest absolute Gasteiger partial charge is 0.131 e. The van der Waals surface area contributed by atoms with Crippen LogP contribution in [0, 0.1) is 5.82 Å². The van der Waals surface area contributed by atoms with Crippen molar-refractivity contribution in [2.45, 2.75) is 38.6 Å². The van der Waals surface area contributed by atoms with E-state index in [1.165, 1.54) is 18.4 Å². The minimum absolute atomic E-state index is 0.0892. The van der Waals surface area contributed by atoms with Crippen molar-refractivity contribution in [2.24, 2.45) is 0 Å². The quantitative estimate of drug-likeness (QED) is 0.546. The van der Waals surface area contributed by atoms with Gasteiger partial charge in [-0.05, 0) is 36.8 Å². The normalized spacial score (nSPS) is 20.3. The minimum Gasteiger partial charge on any atom is -0.296 e. The van der Waals surface area contributed by atoms with E-state index in [1.807, 2.05) is 6.07 Å². The highest BCUT2D eigenvalue weighted by atomic mass is 19.1. The SMILES string of the molecule is Fc1c(CN2CC2)ccc2c1CCCCC2. The fraction of sp³-hybridized carbons (Fsp3) is 0.571. The molecule has 0 spiro atoms. The zero-order valence-corrected chi connectivity index (χ0v) is 9.64. The predicted molar refractivity (Wildman–Crippen MR) is 62.9 cm³/mol. The van der Waals surface area contributed by atoms with Gasteiger partial charge < -0.3 is 0 Å². The molecule has 0 bridgehead atoms. The molecule has 0 amide bonds. The monoisotopic (exact) mass is 219 g/mol. The number of nitrogens with zero attached hydrogens (tertiary/aromatic N) is 1. The van der Waals surface area contributed by atoms with E-state index in [2.05, 4.69) is 11.0 Å². The maximum atomic E-state index is 14.3. The number of rotatable bonds is 2. The van der Waals surface area contributed by atoms with Crippen molar-refractivity contribution in [3.05, 3.63) is 34.6 Å². The molecule has 1 saturated heterocycles. The van der Waals surface area contributed by atoms with E-state index < -0.39 is 0 Å². The molecule has 1 heterocycles. The van der Waals surface area contributed by atoms with Crippen molar-refractivity contribution < 1.29 is 4.39 Å². The lowest BCUT2D eigenvalue weighted by molar-refractivity contribution is 0.514. The molecule has 3 rings (SSSR count). The van der Waals surface area contributed by atoms with Crippen molar-refractivity contribution in [3.8, 4) is 0 Å². The third kappa shape index (κ3) is 1.99. The van der Waals surface area contributed by atoms with Gasteiger partial charge in [0, 0.05) is 25.2 Å². The van der Waals surface area contributed by atoms with Crippen LogP contribution >= 0.6 is 0 Å². The number of aryl methyl sites for hydroxylation is 1. The second-order valence-electron chi connectivity index (χ2n) is 5.01. The van der Waals surface area contributed by atoms with Crippen LogP contribution in [-0.4, -0.2) is 18.0 Å². The van der Waals surface area contributed by atoms with Crippen LogP contribution in [0.25, 0.3) is 0 Å². The first kappa shape index (κ1) is 10.3. The van der Waals surface area contributed by atoms with Gasteiger partial charge in [0.25, 0.3) is 0 Å². The Morgan fingerprint density at radius 1 is 1.06 bits per heavy atom. The van der Waals surface area contributed by atoms with Gasteiger partial charge in [-0.1, -0.05) is 18.6 Å². The Kier molecular flexibility index (Phi) is 2.68. The maximum Gasteiger partial charge on any atom is 0.131 e. The van der Waals surface area contributed by atoms with Gasteiger partial charge in [-0.25, -0.2) is 4.39 Å². The summed E-state index contributed by atoms with van der Waals surface area (Å²) in [6, 6.07) is 4.15. The average Bonchev–Trinajstić information content (AvgIpc) is 3.09. The molecule has 2 aliphatic rings. The van der Waals surface area contributed by atoms with Crippen molar-refractivity contribution >= 4 is 0 Å². The number of fused-ring (bicyclic) bond motifs is 1. The first-order valence-electron chi connectivity index (χ1n) is 6.36. The fourth-order valence-electron chi connectivity index (χ4n) is 2.60. The summed E-state index contributed by atoms with van der Waals surface area (Å²) >= 11 is 0. The Bertz CT molecular complexity index is 396. The summed E-state index contributed by atoms with van der Waals surface area (Å²) in [4.78, 5) is 2.27. The molecule has 1 aromatic rings. The number of halogens is 1. The maximum absolute atomic E-state index is 14.3. The van der Waals surface area contributed by atoms with Crippen LogP contribution in [0.2, 0.25) is 0 Å². The van der Waals surface area contributed by atoms with Gasteiger partial charge in [-0.15, -0.1) is 0 Å². The summed E-state index contributed by atoms with van der Waals surface area (Å²) in [6.07, 6.45) is 5.62. The van der Waals surface area contributed by atoms with Crippen molar-refractivity contribution in [1.29, 1.82) is 0 Å². The van der Waals surface area contributed by atoms with Crippen LogP contribution in [-0.2, 0) is 19.4 Å². The van der Waals surface area contributed by atoms with E-state index in [4.69, 9.17) is 0 Å². The topological polar surface area (TPSA) is 3.01 Å². The van der Waals surface area contributed by atoms with Crippen LogP contribution in [0.3, 0.4) is 0 Å². The predicted octanol–water partition coefficient (Wildman–Crippen LogP) is 2.91. The van der Waals surface area contributed by atoms with Crippen LogP contribution in [0.4, 0.5) is 4.39 Å². The molecule has 16 heavy (non-hydrogen) atoms. The Balaban J connectivity index is 1.92. The molecular formula is C14H18FN. The van der Waals surface area contributed by atoms with Crippen LogP contribution in [0.15, 0.2) is 12.1 Å². The minimum atomic E-state index is 0.0892. The van der Waals surface area contributed by atoms with Gasteiger partial charge in [0.1, 0.15) is 5.82 Å². The molecule has 1 fully saturated rings. The van der Waals surface area contributed by atoms with Crippen LogP contribution in [0.5, 0.6) is 0 Å². The highest BCUT2D eigenvalue weighted by Gasteiger charge is 2.21.